The number of nitrogens with zero attached hydrogens (tertiary/aromatic N) is 1. The Kier molecular flexibility index (Phi) is 5.46. The Labute approximate surface area is 133 Å². The fourth-order valence-electron chi connectivity index (χ4n) is 1.86. The summed E-state index contributed by atoms with van der Waals surface area (Å²) in [6.45, 7) is 2.29. The monoisotopic (exact) mass is 313 g/mol. The third-order valence-electron chi connectivity index (χ3n) is 2.85. The molecule has 0 aliphatic carbocycles. The SMILES string of the molecule is CCOc1ccccc1OC(=O)/C=C/c1cccc([N+](=O)[O-])c1. The lowest BCUT2D eigenvalue weighted by atomic mass is 10.2. The molecule has 0 aliphatic rings. The van der Waals surface area contributed by atoms with E-state index in [1.165, 1.54) is 24.3 Å². The molecular formula is C17H15NO5. The summed E-state index contributed by atoms with van der Waals surface area (Å²) in [7, 11) is 0. The predicted molar refractivity (Wildman–Crippen MR) is 85.4 cm³/mol. The number of carbonyl (C=O) groups excluding carboxylic acids is 1. The Morgan fingerprint density at radius 2 is 1.91 bits per heavy atom. The number of carbonyl (C=O) groups is 1. The maximum atomic E-state index is 11.9. The van der Waals surface area contributed by atoms with Crippen molar-refractivity contribution in [1.82, 2.24) is 0 Å². The highest BCUT2D eigenvalue weighted by atomic mass is 16.6. The van der Waals surface area contributed by atoms with Gasteiger partial charge in [0, 0.05) is 18.2 Å². The van der Waals surface area contributed by atoms with Crippen LogP contribution in [0.4, 0.5) is 5.69 Å². The summed E-state index contributed by atoms with van der Waals surface area (Å²) in [6.07, 6.45) is 2.67. The van der Waals surface area contributed by atoms with Crippen LogP contribution in [-0.2, 0) is 4.79 Å². The summed E-state index contributed by atoms with van der Waals surface area (Å²) in [5.74, 6) is 0.207. The van der Waals surface area contributed by atoms with E-state index < -0.39 is 10.9 Å². The minimum atomic E-state index is -0.594. The standard InChI is InChI=1S/C17H15NO5/c1-2-22-15-8-3-4-9-16(15)23-17(19)11-10-13-6-5-7-14(12-13)18(20)21/h3-12H,2H2,1H3/b11-10+. The molecule has 0 amide bonds. The Morgan fingerprint density at radius 1 is 1.17 bits per heavy atom. The van der Waals surface area contributed by atoms with Crippen LogP contribution >= 0.6 is 0 Å². The van der Waals surface area contributed by atoms with E-state index in [-0.39, 0.29) is 5.69 Å². The molecule has 6 nitrogen and oxygen atoms in total. The molecule has 0 saturated heterocycles. The molecule has 2 rings (SSSR count). The van der Waals surface area contributed by atoms with Crippen molar-refractivity contribution in [3.8, 4) is 11.5 Å². The molecule has 0 radical (unpaired) electrons. The highest BCUT2D eigenvalue weighted by molar-refractivity contribution is 5.89. The van der Waals surface area contributed by atoms with E-state index >= 15 is 0 Å². The fraction of sp³-hybridized carbons (Fsp3) is 0.118. The number of non-ortho nitro benzene ring substituents is 1. The van der Waals surface area contributed by atoms with Gasteiger partial charge in [-0.3, -0.25) is 10.1 Å². The smallest absolute Gasteiger partial charge is 0.336 e. The van der Waals surface area contributed by atoms with Crippen LogP contribution in [0.25, 0.3) is 6.08 Å². The van der Waals surface area contributed by atoms with Crippen molar-refractivity contribution in [3.05, 3.63) is 70.3 Å². The summed E-state index contributed by atoms with van der Waals surface area (Å²) in [5, 5.41) is 10.7. The molecule has 0 N–H and O–H groups in total. The maximum Gasteiger partial charge on any atom is 0.336 e. The zero-order valence-corrected chi connectivity index (χ0v) is 12.5. The van der Waals surface area contributed by atoms with Crippen LogP contribution in [0, 0.1) is 10.1 Å². The van der Waals surface area contributed by atoms with E-state index in [1.807, 2.05) is 6.92 Å². The summed E-state index contributed by atoms with van der Waals surface area (Å²) in [6, 6.07) is 12.8. The van der Waals surface area contributed by atoms with Crippen LogP contribution in [0.1, 0.15) is 12.5 Å². The predicted octanol–water partition coefficient (Wildman–Crippen LogP) is 3.61. The number of nitro groups is 1. The lowest BCUT2D eigenvalue weighted by Crippen LogP contribution is -2.05. The van der Waals surface area contributed by atoms with Gasteiger partial charge in [-0.2, -0.15) is 0 Å². The van der Waals surface area contributed by atoms with Gasteiger partial charge in [0.2, 0.25) is 0 Å². The highest BCUT2D eigenvalue weighted by Gasteiger charge is 2.08. The molecule has 118 valence electrons. The van der Waals surface area contributed by atoms with E-state index in [2.05, 4.69) is 0 Å². The third-order valence-corrected chi connectivity index (χ3v) is 2.85. The molecule has 0 heterocycles. The molecule has 0 bridgehead atoms. The van der Waals surface area contributed by atoms with Crippen LogP contribution in [0.3, 0.4) is 0 Å². The average Bonchev–Trinajstić information content (AvgIpc) is 2.55. The number of nitro benzene ring substituents is 1. The molecule has 23 heavy (non-hydrogen) atoms. The van der Waals surface area contributed by atoms with Crippen LogP contribution in [-0.4, -0.2) is 17.5 Å². The van der Waals surface area contributed by atoms with Crippen molar-refractivity contribution in [2.45, 2.75) is 6.92 Å². The van der Waals surface area contributed by atoms with E-state index in [0.29, 0.717) is 23.7 Å². The Morgan fingerprint density at radius 3 is 2.61 bits per heavy atom. The van der Waals surface area contributed by atoms with Crippen LogP contribution < -0.4 is 9.47 Å². The van der Waals surface area contributed by atoms with E-state index in [0.717, 1.165) is 0 Å². The first kappa shape index (κ1) is 16.2. The van der Waals surface area contributed by atoms with Gasteiger partial charge in [0.05, 0.1) is 11.5 Å². The van der Waals surface area contributed by atoms with E-state index in [9.17, 15) is 14.9 Å². The molecule has 2 aromatic rings. The molecule has 0 spiro atoms. The van der Waals surface area contributed by atoms with E-state index in [1.54, 1.807) is 36.4 Å². The zero-order valence-electron chi connectivity index (χ0n) is 12.5. The summed E-state index contributed by atoms with van der Waals surface area (Å²) in [4.78, 5) is 22.1. The Bertz CT molecular complexity index is 739. The first-order valence-corrected chi connectivity index (χ1v) is 6.96. The first-order valence-electron chi connectivity index (χ1n) is 6.96. The van der Waals surface area contributed by atoms with Crippen molar-refractivity contribution in [3.63, 3.8) is 0 Å². The minimum absolute atomic E-state index is 0.0396. The van der Waals surface area contributed by atoms with E-state index in [4.69, 9.17) is 9.47 Å². The second kappa shape index (κ2) is 7.74. The molecular weight excluding hydrogens is 298 g/mol. The second-order valence-electron chi connectivity index (χ2n) is 4.49. The van der Waals surface area contributed by atoms with Gasteiger partial charge in [-0.25, -0.2) is 4.79 Å². The van der Waals surface area contributed by atoms with Crippen molar-refractivity contribution in [2.24, 2.45) is 0 Å². The molecule has 0 fully saturated rings. The normalized spacial score (nSPS) is 10.5. The van der Waals surface area contributed by atoms with Gasteiger partial charge >= 0.3 is 5.97 Å². The maximum absolute atomic E-state index is 11.9. The van der Waals surface area contributed by atoms with Crippen molar-refractivity contribution in [1.29, 1.82) is 0 Å². The zero-order chi connectivity index (χ0) is 16.7. The van der Waals surface area contributed by atoms with Crippen LogP contribution in [0.15, 0.2) is 54.6 Å². The lowest BCUT2D eigenvalue weighted by Gasteiger charge is -2.08. The summed E-state index contributed by atoms with van der Waals surface area (Å²) < 4.78 is 10.6. The number of rotatable bonds is 6. The minimum Gasteiger partial charge on any atom is -0.490 e. The Hall–Kier alpha value is -3.15. The lowest BCUT2D eigenvalue weighted by molar-refractivity contribution is -0.384. The molecule has 0 aliphatic heterocycles. The number of benzene rings is 2. The molecule has 6 heteroatoms. The number of ether oxygens (including phenoxy) is 2. The van der Waals surface area contributed by atoms with Crippen molar-refractivity contribution >= 4 is 17.7 Å². The molecule has 0 saturated carbocycles. The van der Waals surface area contributed by atoms with Gasteiger partial charge in [-0.05, 0) is 30.7 Å². The summed E-state index contributed by atoms with van der Waals surface area (Å²) in [5.41, 5.74) is 0.497. The number of para-hydroxylation sites is 2. The molecule has 0 atom stereocenters. The number of hydrogen-bond acceptors (Lipinski definition) is 5. The molecule has 2 aromatic carbocycles. The quantitative estimate of drug-likeness (QED) is 0.267. The van der Waals surface area contributed by atoms with Gasteiger partial charge < -0.3 is 9.47 Å². The van der Waals surface area contributed by atoms with Crippen molar-refractivity contribution in [2.75, 3.05) is 6.61 Å². The highest BCUT2D eigenvalue weighted by Crippen LogP contribution is 2.26. The molecule has 0 unspecified atom stereocenters. The van der Waals surface area contributed by atoms with Crippen LogP contribution in [0.5, 0.6) is 11.5 Å². The van der Waals surface area contributed by atoms with Crippen molar-refractivity contribution < 1.29 is 19.2 Å². The van der Waals surface area contributed by atoms with Gasteiger partial charge in [0.15, 0.2) is 11.5 Å². The van der Waals surface area contributed by atoms with Crippen LogP contribution in [0.2, 0.25) is 0 Å². The van der Waals surface area contributed by atoms with Gasteiger partial charge in [-0.1, -0.05) is 24.3 Å². The Balaban J connectivity index is 2.08. The largest absolute Gasteiger partial charge is 0.490 e. The average molecular weight is 313 g/mol. The van der Waals surface area contributed by atoms with Gasteiger partial charge in [0.1, 0.15) is 0 Å². The third kappa shape index (κ3) is 4.67. The number of hydrogen-bond donors (Lipinski definition) is 0. The van der Waals surface area contributed by atoms with Gasteiger partial charge in [0.25, 0.3) is 5.69 Å². The van der Waals surface area contributed by atoms with Gasteiger partial charge in [-0.15, -0.1) is 0 Å². The molecule has 0 aromatic heterocycles. The number of esters is 1. The summed E-state index contributed by atoms with van der Waals surface area (Å²) >= 11 is 0. The second-order valence-corrected chi connectivity index (χ2v) is 4.49. The topological polar surface area (TPSA) is 78.7 Å². The first-order chi connectivity index (χ1) is 11.1. The fourth-order valence-corrected chi connectivity index (χ4v) is 1.86.